The van der Waals surface area contributed by atoms with Crippen molar-refractivity contribution in [3.63, 3.8) is 0 Å². The zero-order chi connectivity index (χ0) is 20.0. The van der Waals surface area contributed by atoms with Gasteiger partial charge >= 0.3 is 11.9 Å². The lowest BCUT2D eigenvalue weighted by atomic mass is 10.1. The molecule has 0 N–H and O–H groups in total. The number of hydrogen-bond donors (Lipinski definition) is 0. The maximum atomic E-state index is 11.7. The zero-order valence-electron chi connectivity index (χ0n) is 18.1. The van der Waals surface area contributed by atoms with E-state index in [9.17, 15) is 9.59 Å². The van der Waals surface area contributed by atoms with E-state index in [1.54, 1.807) is 0 Å². The molecular weight excluding hydrogens is 340 g/mol. The van der Waals surface area contributed by atoms with E-state index in [0.717, 1.165) is 25.7 Å². The highest BCUT2D eigenvalue weighted by molar-refractivity contribution is 5.70. The molecule has 0 aliphatic rings. The Morgan fingerprint density at radius 2 is 0.815 bits per heavy atom. The number of carbonyl (C=O) groups is 2. The number of rotatable bonds is 20. The fourth-order valence-corrected chi connectivity index (χ4v) is 3.00. The van der Waals surface area contributed by atoms with Crippen LogP contribution in [0.3, 0.4) is 0 Å². The van der Waals surface area contributed by atoms with Crippen LogP contribution in [0.1, 0.15) is 123 Å². The van der Waals surface area contributed by atoms with Crippen LogP contribution in [0.15, 0.2) is 0 Å². The van der Waals surface area contributed by atoms with Crippen molar-refractivity contribution in [2.24, 2.45) is 0 Å². The van der Waals surface area contributed by atoms with E-state index in [1.165, 1.54) is 57.8 Å². The van der Waals surface area contributed by atoms with Gasteiger partial charge in [0.1, 0.15) is 0 Å². The minimum atomic E-state index is -0.141. The van der Waals surface area contributed by atoms with Crippen molar-refractivity contribution in [3.8, 4) is 0 Å². The number of carbonyl (C=O) groups excluding carboxylic acids is 2. The predicted molar refractivity (Wildman–Crippen MR) is 112 cm³/mol. The van der Waals surface area contributed by atoms with Crippen molar-refractivity contribution in [3.05, 3.63) is 0 Å². The minimum Gasteiger partial charge on any atom is -0.466 e. The molecule has 0 atom stereocenters. The largest absolute Gasteiger partial charge is 0.466 e. The standard InChI is InChI=1S/C23H44O4/c1-3-5-7-9-10-11-13-17-21-27-23(25)19-15-14-18-22(24)26-20-16-12-8-6-4-2/h3-21H2,1-2H3. The third kappa shape index (κ3) is 21.1. The van der Waals surface area contributed by atoms with E-state index >= 15 is 0 Å². The average molecular weight is 385 g/mol. The van der Waals surface area contributed by atoms with Crippen LogP contribution >= 0.6 is 0 Å². The Kier molecular flexibility index (Phi) is 20.4. The molecule has 4 nitrogen and oxygen atoms in total. The fraction of sp³-hybridized carbons (Fsp3) is 0.913. The molecule has 0 radical (unpaired) electrons. The van der Waals surface area contributed by atoms with Gasteiger partial charge in [-0.1, -0.05) is 84.5 Å². The molecule has 4 heteroatoms. The van der Waals surface area contributed by atoms with Gasteiger partial charge in [-0.3, -0.25) is 9.59 Å². The van der Waals surface area contributed by atoms with Crippen LogP contribution in [0.5, 0.6) is 0 Å². The first-order chi connectivity index (χ1) is 13.2. The summed E-state index contributed by atoms with van der Waals surface area (Å²) < 4.78 is 10.5. The Morgan fingerprint density at radius 3 is 1.19 bits per heavy atom. The van der Waals surface area contributed by atoms with Gasteiger partial charge in [0, 0.05) is 12.8 Å². The van der Waals surface area contributed by atoms with Crippen LogP contribution < -0.4 is 0 Å². The molecule has 0 aromatic carbocycles. The second kappa shape index (κ2) is 21.2. The normalized spacial score (nSPS) is 10.7. The molecule has 0 heterocycles. The molecule has 0 aromatic rings. The molecular formula is C23H44O4. The van der Waals surface area contributed by atoms with Crippen LogP contribution in [0.25, 0.3) is 0 Å². The summed E-state index contributed by atoms with van der Waals surface area (Å²) in [5.74, 6) is -0.278. The van der Waals surface area contributed by atoms with Crippen LogP contribution in [0.4, 0.5) is 0 Å². The van der Waals surface area contributed by atoms with Gasteiger partial charge in [-0.05, 0) is 25.7 Å². The van der Waals surface area contributed by atoms with Crippen molar-refractivity contribution < 1.29 is 19.1 Å². The summed E-state index contributed by atoms with van der Waals surface area (Å²) in [5, 5.41) is 0. The highest BCUT2D eigenvalue weighted by atomic mass is 16.5. The van der Waals surface area contributed by atoms with E-state index < -0.39 is 0 Å². The summed E-state index contributed by atoms with van der Waals surface area (Å²) in [6.45, 7) is 5.49. The number of unbranched alkanes of at least 4 members (excludes halogenated alkanes) is 12. The van der Waals surface area contributed by atoms with Crippen molar-refractivity contribution in [1.29, 1.82) is 0 Å². The molecule has 160 valence electrons. The van der Waals surface area contributed by atoms with Gasteiger partial charge in [0.15, 0.2) is 0 Å². The SMILES string of the molecule is CCCCCCCCCCOC(=O)CCCCC(=O)OCCCCCCC. The molecule has 0 aliphatic carbocycles. The Morgan fingerprint density at radius 1 is 0.481 bits per heavy atom. The van der Waals surface area contributed by atoms with Crippen molar-refractivity contribution in [2.45, 2.75) is 123 Å². The highest BCUT2D eigenvalue weighted by Crippen LogP contribution is 2.09. The van der Waals surface area contributed by atoms with Gasteiger partial charge in [-0.2, -0.15) is 0 Å². The zero-order valence-corrected chi connectivity index (χ0v) is 18.1. The minimum absolute atomic E-state index is 0.137. The third-order valence-electron chi connectivity index (χ3n) is 4.78. The molecule has 0 spiro atoms. The molecule has 0 saturated carbocycles. The van der Waals surface area contributed by atoms with E-state index in [-0.39, 0.29) is 11.9 Å². The van der Waals surface area contributed by atoms with Gasteiger partial charge in [0.2, 0.25) is 0 Å². The van der Waals surface area contributed by atoms with Gasteiger partial charge < -0.3 is 9.47 Å². The van der Waals surface area contributed by atoms with Crippen LogP contribution in [0.2, 0.25) is 0 Å². The molecule has 0 fully saturated rings. The lowest BCUT2D eigenvalue weighted by molar-refractivity contribution is -0.146. The van der Waals surface area contributed by atoms with Gasteiger partial charge in [0.05, 0.1) is 13.2 Å². The topological polar surface area (TPSA) is 52.6 Å². The first-order valence-electron chi connectivity index (χ1n) is 11.5. The number of ether oxygens (including phenoxy) is 2. The summed E-state index contributed by atoms with van der Waals surface area (Å²) in [6.07, 6.45) is 17.9. The summed E-state index contributed by atoms with van der Waals surface area (Å²) in [5.41, 5.74) is 0. The average Bonchev–Trinajstić information content (AvgIpc) is 2.66. The fourth-order valence-electron chi connectivity index (χ4n) is 3.00. The first-order valence-corrected chi connectivity index (χ1v) is 11.5. The van der Waals surface area contributed by atoms with Crippen molar-refractivity contribution in [2.75, 3.05) is 13.2 Å². The van der Waals surface area contributed by atoms with Gasteiger partial charge in [0.25, 0.3) is 0 Å². The van der Waals surface area contributed by atoms with Crippen LogP contribution in [0, 0.1) is 0 Å². The summed E-state index contributed by atoms with van der Waals surface area (Å²) in [4.78, 5) is 23.2. The molecule has 0 aromatic heterocycles. The Labute approximate surface area is 167 Å². The maximum absolute atomic E-state index is 11.7. The van der Waals surface area contributed by atoms with E-state index in [4.69, 9.17) is 9.47 Å². The first kappa shape index (κ1) is 25.9. The molecule has 27 heavy (non-hydrogen) atoms. The molecule has 0 bridgehead atoms. The molecule has 0 rings (SSSR count). The van der Waals surface area contributed by atoms with Crippen LogP contribution in [-0.2, 0) is 19.1 Å². The van der Waals surface area contributed by atoms with E-state index in [0.29, 0.717) is 38.9 Å². The number of hydrogen-bond acceptors (Lipinski definition) is 4. The van der Waals surface area contributed by atoms with Crippen molar-refractivity contribution in [1.82, 2.24) is 0 Å². The molecule has 0 amide bonds. The lowest BCUT2D eigenvalue weighted by Gasteiger charge is -2.06. The number of esters is 2. The molecule has 0 saturated heterocycles. The quantitative estimate of drug-likeness (QED) is 0.172. The third-order valence-corrected chi connectivity index (χ3v) is 4.78. The summed E-state index contributed by atoms with van der Waals surface area (Å²) in [6, 6.07) is 0. The van der Waals surface area contributed by atoms with Crippen molar-refractivity contribution >= 4 is 11.9 Å². The second-order valence-electron chi connectivity index (χ2n) is 7.54. The van der Waals surface area contributed by atoms with E-state index in [1.807, 2.05) is 0 Å². The Hall–Kier alpha value is -1.06. The maximum Gasteiger partial charge on any atom is 0.305 e. The van der Waals surface area contributed by atoms with Crippen LogP contribution in [-0.4, -0.2) is 25.2 Å². The predicted octanol–water partition coefficient (Wildman–Crippen LogP) is 6.74. The monoisotopic (exact) mass is 384 g/mol. The Balaban J connectivity index is 3.30. The van der Waals surface area contributed by atoms with Gasteiger partial charge in [-0.25, -0.2) is 0 Å². The Bertz CT molecular complexity index is 341. The molecule has 0 aliphatic heterocycles. The molecule has 0 unspecified atom stereocenters. The second-order valence-corrected chi connectivity index (χ2v) is 7.54. The smallest absolute Gasteiger partial charge is 0.305 e. The summed E-state index contributed by atoms with van der Waals surface area (Å²) in [7, 11) is 0. The van der Waals surface area contributed by atoms with E-state index in [2.05, 4.69) is 13.8 Å². The highest BCUT2D eigenvalue weighted by Gasteiger charge is 2.06. The lowest BCUT2D eigenvalue weighted by Crippen LogP contribution is -2.08. The van der Waals surface area contributed by atoms with Gasteiger partial charge in [-0.15, -0.1) is 0 Å². The summed E-state index contributed by atoms with van der Waals surface area (Å²) >= 11 is 0.